The molecule has 1 N–H and O–H groups in total. The fraction of sp³-hybridized carbons (Fsp3) is 0.300. The molecule has 0 spiro atoms. The topological polar surface area (TPSA) is 84.4 Å². The van der Waals surface area contributed by atoms with Crippen molar-refractivity contribution >= 4 is 27.7 Å². The average Bonchev–Trinajstić information content (AvgIpc) is 2.74. The van der Waals surface area contributed by atoms with E-state index in [1.165, 1.54) is 0 Å². The fourth-order valence-corrected chi connectivity index (χ4v) is 3.58. The third-order valence-electron chi connectivity index (χ3n) is 4.81. The zero-order valence-corrected chi connectivity index (χ0v) is 16.3. The molecule has 0 aliphatic carbocycles. The van der Waals surface area contributed by atoms with Crippen LogP contribution in [0.25, 0.3) is 22.2 Å². The summed E-state index contributed by atoms with van der Waals surface area (Å²) in [7, 11) is -2.54. The van der Waals surface area contributed by atoms with Crippen LogP contribution in [0.4, 0.5) is 5.82 Å². The van der Waals surface area contributed by atoms with Crippen molar-refractivity contribution in [3.63, 3.8) is 0 Å². The molecule has 0 unspecified atom stereocenters. The van der Waals surface area contributed by atoms with Gasteiger partial charge in [-0.2, -0.15) is 0 Å². The third kappa shape index (κ3) is 4.46. The number of rotatable bonds is 6. The van der Waals surface area contributed by atoms with E-state index in [0.717, 1.165) is 46.6 Å². The molecule has 3 aromatic rings. The van der Waals surface area contributed by atoms with Gasteiger partial charge in [0.15, 0.2) is 0 Å². The van der Waals surface area contributed by atoms with Gasteiger partial charge in [0.05, 0.1) is 30.4 Å². The van der Waals surface area contributed by atoms with Crippen LogP contribution in [0.1, 0.15) is 5.56 Å². The van der Waals surface area contributed by atoms with Crippen LogP contribution in [0, 0.1) is 0 Å². The first-order valence-electron chi connectivity index (χ1n) is 9.26. The number of hydrogen-bond donors (Lipinski definition) is 2. The largest absolute Gasteiger partial charge is 0.378 e. The molecule has 0 amide bonds. The molecular weight excluding hydrogens is 376 g/mol. The number of thiol groups is 1. The molecule has 0 bridgehead atoms. The van der Waals surface area contributed by atoms with Gasteiger partial charge >= 0.3 is 0 Å². The molecule has 8 heteroatoms. The van der Waals surface area contributed by atoms with E-state index in [0.29, 0.717) is 26.2 Å². The molecule has 146 valence electrons. The Labute approximate surface area is 165 Å². The molecule has 1 fully saturated rings. The summed E-state index contributed by atoms with van der Waals surface area (Å²) in [5.41, 5.74) is 4.99. The fourth-order valence-electron chi connectivity index (χ4n) is 3.28. The van der Waals surface area contributed by atoms with E-state index in [-0.39, 0.29) is 0 Å². The van der Waals surface area contributed by atoms with Gasteiger partial charge in [-0.05, 0) is 35.2 Å². The molecule has 2 aromatic carbocycles. The second kappa shape index (κ2) is 8.64. The van der Waals surface area contributed by atoms with Gasteiger partial charge in [0.25, 0.3) is 0 Å². The lowest BCUT2D eigenvalue weighted by Gasteiger charge is -2.27. The van der Waals surface area contributed by atoms with Crippen molar-refractivity contribution in [3.8, 4) is 11.1 Å². The molecule has 4 rings (SSSR count). The second-order valence-corrected chi connectivity index (χ2v) is 7.47. The van der Waals surface area contributed by atoms with Crippen molar-refractivity contribution < 1.29 is 13.2 Å². The van der Waals surface area contributed by atoms with E-state index >= 15 is 0 Å². The maximum absolute atomic E-state index is 10.6. The number of aromatic nitrogens is 2. The summed E-state index contributed by atoms with van der Waals surface area (Å²) >= 11 is 0. The van der Waals surface area contributed by atoms with E-state index in [1.54, 1.807) is 0 Å². The Morgan fingerprint density at radius 3 is 2.50 bits per heavy atom. The monoisotopic (exact) mass is 398 g/mol. The average molecular weight is 398 g/mol. The molecule has 0 atom stereocenters. The first-order valence-corrected chi connectivity index (χ1v) is 10.4. The standard InChI is InChI=1S/C20H22N4O3S/c25-28(26)22-8-7-15-1-3-16(4-2-15)17-5-6-18-19(13-17)23-20(14-21-18)24-9-11-27-12-10-24/h1-6,13-14,28H,7-12H2,(H,22,25,26). The lowest BCUT2D eigenvalue weighted by atomic mass is 10.0. The van der Waals surface area contributed by atoms with Crippen molar-refractivity contribution in [2.45, 2.75) is 6.42 Å². The SMILES string of the molecule is O=[SH](=O)NCCc1ccc(-c2ccc3ncc(N4CCOCC4)nc3c2)cc1. The molecule has 28 heavy (non-hydrogen) atoms. The van der Waals surface area contributed by atoms with Crippen molar-refractivity contribution in [2.24, 2.45) is 0 Å². The number of nitrogens with zero attached hydrogens (tertiary/aromatic N) is 3. The Kier molecular flexibility index (Phi) is 5.80. The van der Waals surface area contributed by atoms with E-state index in [9.17, 15) is 8.42 Å². The zero-order valence-electron chi connectivity index (χ0n) is 15.4. The minimum absolute atomic E-state index is 0.411. The highest BCUT2D eigenvalue weighted by molar-refractivity contribution is 7.70. The summed E-state index contributed by atoms with van der Waals surface area (Å²) in [6.45, 7) is 3.50. The number of benzene rings is 2. The summed E-state index contributed by atoms with van der Waals surface area (Å²) < 4.78 is 29.0. The Balaban J connectivity index is 1.54. The number of ether oxygens (including phenoxy) is 1. The number of fused-ring (bicyclic) bond motifs is 1. The lowest BCUT2D eigenvalue weighted by Crippen LogP contribution is -2.36. The molecule has 0 saturated carbocycles. The quantitative estimate of drug-likeness (QED) is 0.616. The van der Waals surface area contributed by atoms with Crippen LogP contribution in [-0.2, 0) is 22.0 Å². The number of hydrogen-bond acceptors (Lipinski definition) is 6. The van der Waals surface area contributed by atoms with Crippen LogP contribution in [-0.4, -0.2) is 51.2 Å². The molecule has 1 aliphatic heterocycles. The van der Waals surface area contributed by atoms with Gasteiger partial charge in [-0.15, -0.1) is 0 Å². The van der Waals surface area contributed by atoms with Gasteiger partial charge in [-0.1, -0.05) is 30.3 Å². The van der Waals surface area contributed by atoms with Crippen molar-refractivity contribution in [1.82, 2.24) is 14.7 Å². The normalized spacial score (nSPS) is 14.7. The third-order valence-corrected chi connectivity index (χ3v) is 5.29. The second-order valence-electron chi connectivity index (χ2n) is 6.64. The van der Waals surface area contributed by atoms with Gasteiger partial charge in [-0.25, -0.2) is 18.1 Å². The van der Waals surface area contributed by atoms with E-state index in [2.05, 4.69) is 20.7 Å². The van der Waals surface area contributed by atoms with Crippen LogP contribution in [0.5, 0.6) is 0 Å². The van der Waals surface area contributed by atoms with E-state index in [4.69, 9.17) is 9.72 Å². The van der Waals surface area contributed by atoms with Crippen LogP contribution in [0.15, 0.2) is 48.7 Å². The molecule has 1 aromatic heterocycles. The summed E-state index contributed by atoms with van der Waals surface area (Å²) in [4.78, 5) is 11.5. The van der Waals surface area contributed by atoms with E-state index < -0.39 is 10.9 Å². The van der Waals surface area contributed by atoms with Gasteiger partial charge in [-0.3, -0.25) is 4.98 Å². The van der Waals surface area contributed by atoms with E-state index in [1.807, 2.05) is 42.6 Å². The molecule has 1 aliphatic rings. The number of nitrogens with one attached hydrogen (secondary N) is 1. The first kappa shape index (κ1) is 18.8. The van der Waals surface area contributed by atoms with Crippen LogP contribution < -0.4 is 9.62 Å². The summed E-state index contributed by atoms with van der Waals surface area (Å²) in [6, 6.07) is 14.2. The molecule has 0 radical (unpaired) electrons. The number of anilines is 1. The Bertz CT molecular complexity index is 1020. The molecule has 1 saturated heterocycles. The van der Waals surface area contributed by atoms with Gasteiger partial charge < -0.3 is 9.64 Å². The van der Waals surface area contributed by atoms with Crippen LogP contribution in [0.3, 0.4) is 0 Å². The molecule has 2 heterocycles. The molecular formula is C20H22N4O3S. The summed E-state index contributed by atoms with van der Waals surface area (Å²) in [5, 5.41) is 0. The molecule has 7 nitrogen and oxygen atoms in total. The van der Waals surface area contributed by atoms with Crippen molar-refractivity contribution in [2.75, 3.05) is 37.7 Å². The summed E-state index contributed by atoms with van der Waals surface area (Å²) in [6.07, 6.45) is 2.49. The predicted octanol–water partition coefficient (Wildman–Crippen LogP) is 1.79. The van der Waals surface area contributed by atoms with Gasteiger partial charge in [0.1, 0.15) is 5.82 Å². The Morgan fingerprint density at radius 2 is 1.75 bits per heavy atom. The van der Waals surface area contributed by atoms with Crippen molar-refractivity contribution in [3.05, 3.63) is 54.2 Å². The smallest absolute Gasteiger partial charge is 0.201 e. The lowest BCUT2D eigenvalue weighted by molar-refractivity contribution is 0.122. The van der Waals surface area contributed by atoms with Crippen LogP contribution >= 0.6 is 0 Å². The predicted molar refractivity (Wildman–Crippen MR) is 110 cm³/mol. The first-order chi connectivity index (χ1) is 13.7. The highest BCUT2D eigenvalue weighted by atomic mass is 32.2. The zero-order chi connectivity index (χ0) is 19.3. The minimum atomic E-state index is -2.54. The highest BCUT2D eigenvalue weighted by Crippen LogP contribution is 2.25. The van der Waals surface area contributed by atoms with Crippen LogP contribution in [0.2, 0.25) is 0 Å². The Hall–Kier alpha value is -2.55. The maximum atomic E-state index is 10.6. The van der Waals surface area contributed by atoms with Gasteiger partial charge in [0.2, 0.25) is 10.9 Å². The maximum Gasteiger partial charge on any atom is 0.201 e. The summed E-state index contributed by atoms with van der Waals surface area (Å²) in [5.74, 6) is 0.882. The number of morpholine rings is 1. The minimum Gasteiger partial charge on any atom is -0.378 e. The highest BCUT2D eigenvalue weighted by Gasteiger charge is 2.13. The van der Waals surface area contributed by atoms with Crippen molar-refractivity contribution in [1.29, 1.82) is 0 Å². The Morgan fingerprint density at radius 1 is 1.00 bits per heavy atom. The van der Waals surface area contributed by atoms with Gasteiger partial charge in [0, 0.05) is 19.6 Å².